The number of nitriles is 2. The molecule has 0 bridgehead atoms. The molecule has 1 atom stereocenters. The van der Waals surface area contributed by atoms with Crippen LogP contribution in [0.2, 0.25) is 0 Å². The van der Waals surface area contributed by atoms with E-state index in [0.717, 1.165) is 16.7 Å². The minimum atomic E-state index is -0.921. The lowest BCUT2D eigenvalue weighted by Crippen LogP contribution is -2.31. The van der Waals surface area contributed by atoms with Crippen molar-refractivity contribution in [2.24, 2.45) is 0 Å². The van der Waals surface area contributed by atoms with Crippen molar-refractivity contribution in [3.63, 3.8) is 0 Å². The van der Waals surface area contributed by atoms with E-state index in [9.17, 15) is 24.9 Å². The highest BCUT2D eigenvalue weighted by atomic mass is 32.2. The number of imide groups is 1. The van der Waals surface area contributed by atoms with E-state index in [0.29, 0.717) is 17.0 Å². The van der Waals surface area contributed by atoms with E-state index in [4.69, 9.17) is 24.7 Å². The van der Waals surface area contributed by atoms with E-state index in [1.165, 1.54) is 52.5 Å². The highest BCUT2D eigenvalue weighted by Crippen LogP contribution is 2.45. The van der Waals surface area contributed by atoms with Crippen LogP contribution in [0.4, 0.5) is 11.5 Å². The van der Waals surface area contributed by atoms with Crippen LogP contribution in [0, 0.1) is 22.7 Å². The molecule has 3 aromatic rings. The van der Waals surface area contributed by atoms with E-state index in [2.05, 4.69) is 11.1 Å². The number of anilines is 2. The summed E-state index contributed by atoms with van der Waals surface area (Å²) in [6.45, 7) is 1.26. The normalized spacial score (nSPS) is 14.3. The lowest BCUT2D eigenvalue weighted by Gasteiger charge is -2.18. The number of nitrogens with two attached hydrogens (primary N) is 1. The molecule has 1 saturated heterocycles. The number of rotatable bonds is 8. The molecule has 1 unspecified atom stereocenters. The van der Waals surface area contributed by atoms with Gasteiger partial charge in [0.15, 0.2) is 11.5 Å². The number of thioether (sulfide) groups is 1. The Kier molecular flexibility index (Phi) is 8.31. The van der Waals surface area contributed by atoms with Crippen LogP contribution >= 0.6 is 11.8 Å². The summed E-state index contributed by atoms with van der Waals surface area (Å²) in [5.74, 6) is -0.508. The number of carbonyl (C=O) groups is 3. The van der Waals surface area contributed by atoms with E-state index < -0.39 is 23.0 Å². The maximum atomic E-state index is 13.3. The average Bonchev–Trinajstić information content (AvgIpc) is 3.23. The van der Waals surface area contributed by atoms with Gasteiger partial charge in [0.25, 0.3) is 0 Å². The Balaban J connectivity index is 1.75. The fraction of sp³-hybridized carbons (Fsp3) is 0.214. The second kappa shape index (κ2) is 11.9. The SMILES string of the molecule is COc1cc(-c2c(C#N)c(N)nc(SC3CC(=O)N(c4ccc(OC(C)=O)cc4)C3=O)c2C#N)cc(OC)c1OC. The maximum absolute atomic E-state index is 13.3. The molecule has 1 aromatic heterocycles. The van der Waals surface area contributed by atoms with Crippen LogP contribution < -0.4 is 29.6 Å². The number of aromatic nitrogens is 1. The molecule has 13 heteroatoms. The zero-order chi connectivity index (χ0) is 29.8. The highest BCUT2D eigenvalue weighted by molar-refractivity contribution is 8.00. The van der Waals surface area contributed by atoms with Gasteiger partial charge in [0.1, 0.15) is 34.3 Å². The minimum absolute atomic E-state index is 0.0144. The van der Waals surface area contributed by atoms with E-state index in [-0.39, 0.29) is 51.2 Å². The summed E-state index contributed by atoms with van der Waals surface area (Å²) in [7, 11) is 4.30. The number of hydrogen-bond donors (Lipinski definition) is 1. The van der Waals surface area contributed by atoms with E-state index >= 15 is 0 Å². The second-order valence-electron chi connectivity index (χ2n) is 8.53. The van der Waals surface area contributed by atoms with E-state index in [1.54, 1.807) is 12.1 Å². The van der Waals surface area contributed by atoms with Crippen molar-refractivity contribution in [3.05, 3.63) is 47.5 Å². The third-order valence-electron chi connectivity index (χ3n) is 6.08. The molecule has 0 aliphatic carbocycles. The van der Waals surface area contributed by atoms with Gasteiger partial charge in [0.2, 0.25) is 17.6 Å². The monoisotopic (exact) mass is 573 g/mol. The summed E-state index contributed by atoms with van der Waals surface area (Å²) in [6.07, 6.45) is -0.166. The summed E-state index contributed by atoms with van der Waals surface area (Å²) in [4.78, 5) is 42.7. The van der Waals surface area contributed by atoms with Crippen LogP contribution in [-0.2, 0) is 14.4 Å². The number of methoxy groups -OCH3 is 3. The highest BCUT2D eigenvalue weighted by Gasteiger charge is 2.41. The molecule has 0 radical (unpaired) electrons. The number of nitrogens with zero attached hydrogens (tertiary/aromatic N) is 4. The van der Waals surface area contributed by atoms with Crippen molar-refractivity contribution >= 4 is 41.1 Å². The summed E-state index contributed by atoms with van der Waals surface area (Å²) in [5, 5.41) is 19.3. The van der Waals surface area contributed by atoms with Crippen molar-refractivity contribution in [2.45, 2.75) is 23.6 Å². The lowest BCUT2D eigenvalue weighted by molar-refractivity contribution is -0.132. The quantitative estimate of drug-likeness (QED) is 0.236. The van der Waals surface area contributed by atoms with Gasteiger partial charge in [-0.3, -0.25) is 14.4 Å². The van der Waals surface area contributed by atoms with Crippen LogP contribution in [0.3, 0.4) is 0 Å². The largest absolute Gasteiger partial charge is 0.493 e. The zero-order valence-electron chi connectivity index (χ0n) is 22.4. The first-order chi connectivity index (χ1) is 19.7. The Bertz CT molecular complexity index is 1620. The van der Waals surface area contributed by atoms with Crippen molar-refractivity contribution in [1.29, 1.82) is 10.5 Å². The van der Waals surface area contributed by atoms with Gasteiger partial charge in [0, 0.05) is 18.9 Å². The molecule has 208 valence electrons. The predicted molar refractivity (Wildman–Crippen MR) is 148 cm³/mol. The van der Waals surface area contributed by atoms with Gasteiger partial charge in [-0.05, 0) is 42.0 Å². The number of ether oxygens (including phenoxy) is 4. The smallest absolute Gasteiger partial charge is 0.308 e. The summed E-state index contributed by atoms with van der Waals surface area (Å²) in [5.41, 5.74) is 6.91. The molecule has 4 rings (SSSR count). The van der Waals surface area contributed by atoms with E-state index in [1.807, 2.05) is 6.07 Å². The standard InChI is InChI=1S/C28H23N5O7S/c1-14(34)40-17-7-5-16(6-8-17)33-23(35)11-22(28(33)36)41-27-19(13-30)24(18(12-29)26(31)32-27)15-9-20(37-2)25(39-4)21(10-15)38-3/h5-10,22H,11H2,1-4H3,(H2,31,32). The molecule has 1 aliphatic rings. The second-order valence-corrected chi connectivity index (χ2v) is 9.72. The van der Waals surface area contributed by atoms with Gasteiger partial charge in [-0.15, -0.1) is 0 Å². The fourth-order valence-electron chi connectivity index (χ4n) is 4.33. The molecule has 2 heterocycles. The first-order valence-corrected chi connectivity index (χ1v) is 12.8. The summed E-state index contributed by atoms with van der Waals surface area (Å²) in [6, 6.07) is 13.1. The zero-order valence-corrected chi connectivity index (χ0v) is 23.2. The Labute approximate surface area is 239 Å². The van der Waals surface area contributed by atoms with Crippen LogP contribution in [0.15, 0.2) is 41.4 Å². The molecule has 2 N–H and O–H groups in total. The molecular weight excluding hydrogens is 550 g/mol. The topological polar surface area (TPSA) is 178 Å². The van der Waals surface area contributed by atoms with Gasteiger partial charge in [-0.2, -0.15) is 10.5 Å². The Morgan fingerprint density at radius 2 is 1.63 bits per heavy atom. The number of carbonyl (C=O) groups excluding carboxylic acids is 3. The third-order valence-corrected chi connectivity index (χ3v) is 7.26. The van der Waals surface area contributed by atoms with Gasteiger partial charge in [-0.25, -0.2) is 9.88 Å². The van der Waals surface area contributed by atoms with Crippen molar-refractivity contribution in [1.82, 2.24) is 4.98 Å². The van der Waals surface area contributed by atoms with Crippen molar-refractivity contribution in [2.75, 3.05) is 32.0 Å². The van der Waals surface area contributed by atoms with Crippen LogP contribution in [-0.4, -0.2) is 49.3 Å². The van der Waals surface area contributed by atoms with Crippen LogP contribution in [0.1, 0.15) is 24.5 Å². The first-order valence-electron chi connectivity index (χ1n) is 11.9. The number of pyridine rings is 1. The molecule has 41 heavy (non-hydrogen) atoms. The molecule has 12 nitrogen and oxygen atoms in total. The maximum Gasteiger partial charge on any atom is 0.308 e. The molecule has 0 spiro atoms. The van der Waals surface area contributed by atoms with Crippen molar-refractivity contribution in [3.8, 4) is 46.3 Å². The van der Waals surface area contributed by atoms with Gasteiger partial charge >= 0.3 is 5.97 Å². The lowest BCUT2D eigenvalue weighted by atomic mass is 9.96. The molecule has 1 aliphatic heterocycles. The third kappa shape index (κ3) is 5.44. The van der Waals surface area contributed by atoms with Gasteiger partial charge in [0.05, 0.1) is 37.8 Å². The molecule has 2 amide bonds. The average molecular weight is 574 g/mol. The van der Waals surface area contributed by atoms with Gasteiger partial charge in [-0.1, -0.05) is 11.8 Å². The number of esters is 1. The Morgan fingerprint density at radius 3 is 2.15 bits per heavy atom. The minimum Gasteiger partial charge on any atom is -0.493 e. The number of amides is 2. The Morgan fingerprint density at radius 1 is 1.02 bits per heavy atom. The van der Waals surface area contributed by atoms with Gasteiger partial charge < -0.3 is 24.7 Å². The Hall–Kier alpha value is -5.27. The number of nitrogen functional groups attached to an aromatic ring is 1. The predicted octanol–water partition coefficient (Wildman–Crippen LogP) is 3.45. The fourth-order valence-corrected chi connectivity index (χ4v) is 5.45. The van der Waals surface area contributed by atoms with Crippen molar-refractivity contribution < 1.29 is 33.3 Å². The van der Waals surface area contributed by atoms with Crippen LogP contribution in [0.5, 0.6) is 23.0 Å². The number of benzene rings is 2. The molecule has 1 fully saturated rings. The summed E-state index contributed by atoms with van der Waals surface area (Å²) >= 11 is 0.902. The number of hydrogen-bond acceptors (Lipinski definition) is 12. The summed E-state index contributed by atoms with van der Waals surface area (Å²) < 4.78 is 21.2. The molecule has 2 aromatic carbocycles. The first kappa shape index (κ1) is 28.7. The molecule has 0 saturated carbocycles. The molecular formula is C28H23N5O7S. The van der Waals surface area contributed by atoms with Crippen LogP contribution in [0.25, 0.3) is 11.1 Å².